The molecule has 5 nitrogen and oxygen atoms in total. The summed E-state index contributed by atoms with van der Waals surface area (Å²) in [6.45, 7) is 5.50. The topological polar surface area (TPSA) is 64.8 Å². The van der Waals surface area contributed by atoms with Crippen LogP contribution < -0.4 is 0 Å². The van der Waals surface area contributed by atoms with Gasteiger partial charge in [0.05, 0.1) is 5.69 Å². The lowest BCUT2D eigenvalue weighted by Crippen LogP contribution is -2.15. The fourth-order valence-electron chi connectivity index (χ4n) is 1.72. The van der Waals surface area contributed by atoms with Gasteiger partial charge in [0.15, 0.2) is 11.0 Å². The average molecular weight is 334 g/mol. The molecule has 0 aliphatic carbocycles. The van der Waals surface area contributed by atoms with E-state index in [0.717, 1.165) is 0 Å². The summed E-state index contributed by atoms with van der Waals surface area (Å²) >= 11 is 6.15. The molecule has 0 unspecified atom stereocenters. The molecule has 0 aliphatic rings. The van der Waals surface area contributed by atoms with Crippen LogP contribution in [0.3, 0.4) is 0 Å². The number of rotatable bonds is 2. The number of hydrogen-bond donors (Lipinski definition) is 0. The quantitative estimate of drug-likeness (QED) is 0.792. The molecule has 0 bridgehead atoms. The monoisotopic (exact) mass is 333 g/mol. The molecule has 0 radical (unpaired) electrons. The molecule has 0 fully saturated rings. The third-order valence-corrected chi connectivity index (χ3v) is 4.41. The Balaban J connectivity index is 2.79. The molecule has 108 valence electrons. The number of aromatic nitrogens is 3. The van der Waals surface area contributed by atoms with E-state index in [-0.39, 0.29) is 10.0 Å². The van der Waals surface area contributed by atoms with Crippen molar-refractivity contribution in [1.82, 2.24) is 14.8 Å². The first-order valence-electron chi connectivity index (χ1n) is 5.77. The Bertz CT molecular complexity index is 734. The minimum absolute atomic E-state index is 0.0661. The lowest BCUT2D eigenvalue weighted by Gasteiger charge is -2.16. The summed E-state index contributed by atoms with van der Waals surface area (Å²) in [5.74, 6) is 0.426. The molecule has 2 aromatic rings. The number of nitrogens with zero attached hydrogens (tertiary/aromatic N) is 3. The van der Waals surface area contributed by atoms with E-state index in [1.54, 1.807) is 24.4 Å². The molecule has 0 saturated carbocycles. The van der Waals surface area contributed by atoms with Crippen LogP contribution in [0.1, 0.15) is 26.5 Å². The average Bonchev–Trinajstić information content (AvgIpc) is 2.67. The lowest BCUT2D eigenvalue weighted by molar-refractivity contribution is 0.544. The minimum atomic E-state index is -4.01. The summed E-state index contributed by atoms with van der Waals surface area (Å²) in [5.41, 5.74) is -0.218. The summed E-state index contributed by atoms with van der Waals surface area (Å²) in [6, 6.07) is 5.17. The Morgan fingerprint density at radius 1 is 1.25 bits per heavy atom. The van der Waals surface area contributed by atoms with E-state index in [4.69, 9.17) is 22.3 Å². The van der Waals surface area contributed by atoms with Gasteiger partial charge in [-0.05, 0) is 12.1 Å². The highest BCUT2D eigenvalue weighted by Crippen LogP contribution is 2.36. The summed E-state index contributed by atoms with van der Waals surface area (Å²) in [7, 11) is 1.48. The van der Waals surface area contributed by atoms with Gasteiger partial charge in [0.25, 0.3) is 9.05 Å². The zero-order valence-electron chi connectivity index (χ0n) is 11.1. The van der Waals surface area contributed by atoms with E-state index >= 15 is 0 Å². The van der Waals surface area contributed by atoms with Crippen LogP contribution in [0, 0.1) is 0 Å². The van der Waals surface area contributed by atoms with Crippen molar-refractivity contribution in [3.8, 4) is 5.82 Å². The first-order chi connectivity index (χ1) is 9.12. The number of pyridine rings is 1. The Kier molecular flexibility index (Phi) is 3.83. The van der Waals surface area contributed by atoms with Crippen molar-refractivity contribution >= 4 is 31.3 Å². The Labute approximate surface area is 127 Å². The molecule has 0 spiro atoms. The predicted octanol–water partition coefficient (Wildman–Crippen LogP) is 3.15. The van der Waals surface area contributed by atoms with Crippen LogP contribution in [-0.2, 0) is 14.5 Å². The highest BCUT2D eigenvalue weighted by atomic mass is 35.7. The van der Waals surface area contributed by atoms with E-state index in [9.17, 15) is 8.42 Å². The van der Waals surface area contributed by atoms with Gasteiger partial charge < -0.3 is 0 Å². The molecule has 0 N–H and O–H groups in total. The molecular formula is C12H13Cl2N3O2S. The SMILES string of the molecule is CC(C)(C)c1nn(-c2ccccn2)c(Cl)c1S(=O)(=O)Cl. The van der Waals surface area contributed by atoms with Crippen LogP contribution >= 0.6 is 22.3 Å². The summed E-state index contributed by atoms with van der Waals surface area (Å²) in [5, 5.41) is 4.21. The van der Waals surface area contributed by atoms with Crippen molar-refractivity contribution in [3.05, 3.63) is 35.2 Å². The molecular weight excluding hydrogens is 321 g/mol. The maximum atomic E-state index is 11.8. The van der Waals surface area contributed by atoms with Gasteiger partial charge in [0, 0.05) is 22.3 Å². The van der Waals surface area contributed by atoms with Gasteiger partial charge in [0.1, 0.15) is 4.90 Å². The second-order valence-electron chi connectivity index (χ2n) is 5.26. The molecule has 2 rings (SSSR count). The van der Waals surface area contributed by atoms with Crippen LogP contribution in [0.15, 0.2) is 29.3 Å². The second-order valence-corrected chi connectivity index (χ2v) is 8.12. The van der Waals surface area contributed by atoms with E-state index < -0.39 is 14.5 Å². The molecule has 0 amide bonds. The minimum Gasteiger partial charge on any atom is -0.237 e. The maximum Gasteiger partial charge on any atom is 0.266 e. The second kappa shape index (κ2) is 5.02. The van der Waals surface area contributed by atoms with Crippen LogP contribution in [-0.4, -0.2) is 23.2 Å². The Morgan fingerprint density at radius 3 is 2.30 bits per heavy atom. The van der Waals surface area contributed by atoms with Gasteiger partial charge >= 0.3 is 0 Å². The predicted molar refractivity (Wildman–Crippen MR) is 78.1 cm³/mol. The molecule has 20 heavy (non-hydrogen) atoms. The van der Waals surface area contributed by atoms with E-state index in [2.05, 4.69) is 10.1 Å². The van der Waals surface area contributed by atoms with Crippen molar-refractivity contribution in [2.45, 2.75) is 31.1 Å². The highest BCUT2D eigenvalue weighted by Gasteiger charge is 2.33. The zero-order chi connectivity index (χ0) is 15.1. The fraction of sp³-hybridized carbons (Fsp3) is 0.333. The maximum absolute atomic E-state index is 11.8. The molecule has 2 heterocycles. The molecule has 2 aromatic heterocycles. The van der Waals surface area contributed by atoms with Crippen molar-refractivity contribution in [2.75, 3.05) is 0 Å². The first-order valence-corrected chi connectivity index (χ1v) is 8.46. The van der Waals surface area contributed by atoms with E-state index in [1.807, 2.05) is 20.8 Å². The van der Waals surface area contributed by atoms with Gasteiger partial charge in [-0.1, -0.05) is 38.4 Å². The summed E-state index contributed by atoms with van der Waals surface area (Å²) in [6.07, 6.45) is 1.57. The normalized spacial score (nSPS) is 12.7. The van der Waals surface area contributed by atoms with Crippen LogP contribution in [0.5, 0.6) is 0 Å². The summed E-state index contributed by atoms with van der Waals surface area (Å²) in [4.78, 5) is 3.94. The zero-order valence-corrected chi connectivity index (χ0v) is 13.5. The van der Waals surface area contributed by atoms with Crippen molar-refractivity contribution < 1.29 is 8.42 Å². The molecule has 0 aliphatic heterocycles. The van der Waals surface area contributed by atoms with Gasteiger partial charge in [-0.15, -0.1) is 0 Å². The van der Waals surface area contributed by atoms with Crippen molar-refractivity contribution in [2.24, 2.45) is 0 Å². The van der Waals surface area contributed by atoms with Gasteiger partial charge in [0.2, 0.25) is 0 Å². The standard InChI is InChI=1S/C12H13Cl2N3O2S/c1-12(2,3)10-9(20(14,18)19)11(13)17(16-10)8-6-4-5-7-15-8/h4-7H,1-3H3. The van der Waals surface area contributed by atoms with Gasteiger partial charge in [-0.3, -0.25) is 0 Å². The number of halogens is 2. The van der Waals surface area contributed by atoms with Crippen molar-refractivity contribution in [3.63, 3.8) is 0 Å². The van der Waals surface area contributed by atoms with Crippen molar-refractivity contribution in [1.29, 1.82) is 0 Å². The van der Waals surface area contributed by atoms with E-state index in [1.165, 1.54) is 4.68 Å². The molecule has 0 aromatic carbocycles. The van der Waals surface area contributed by atoms with Crippen LogP contribution in [0.4, 0.5) is 0 Å². The Hall–Kier alpha value is -1.11. The van der Waals surface area contributed by atoms with Gasteiger partial charge in [-0.2, -0.15) is 5.10 Å². The third kappa shape index (κ3) is 2.82. The number of hydrogen-bond acceptors (Lipinski definition) is 4. The molecule has 8 heteroatoms. The third-order valence-electron chi connectivity index (χ3n) is 2.61. The Morgan fingerprint density at radius 2 is 1.90 bits per heavy atom. The van der Waals surface area contributed by atoms with Crippen LogP contribution in [0.25, 0.3) is 5.82 Å². The molecule has 0 saturated heterocycles. The fourth-order valence-corrected chi connectivity index (χ4v) is 3.66. The first kappa shape index (κ1) is 15.3. The largest absolute Gasteiger partial charge is 0.266 e. The van der Waals surface area contributed by atoms with E-state index in [0.29, 0.717) is 11.5 Å². The summed E-state index contributed by atoms with van der Waals surface area (Å²) < 4.78 is 24.8. The highest BCUT2D eigenvalue weighted by molar-refractivity contribution is 8.13. The molecule has 0 atom stereocenters. The lowest BCUT2D eigenvalue weighted by atomic mass is 9.92. The van der Waals surface area contributed by atoms with Gasteiger partial charge in [-0.25, -0.2) is 18.1 Å². The van der Waals surface area contributed by atoms with Crippen LogP contribution in [0.2, 0.25) is 5.15 Å². The smallest absolute Gasteiger partial charge is 0.237 e.